The molecular weight excluding hydrogens is 300 g/mol. The quantitative estimate of drug-likeness (QED) is 0.821. The van der Waals surface area contributed by atoms with E-state index in [9.17, 15) is 13.2 Å². The number of nitrogen functional groups attached to an aromatic ring is 1. The standard InChI is InChI=1S/C11H18N4O3S2/c1-3-6-20(17,18)8-9(12)14-19-10(8)13-7-4-5-15(2)11(7)16/h7,13H,3-6H2,1-2H3,(H2,12,14). The number of carbonyl (C=O) groups is 1. The van der Waals surface area contributed by atoms with Crippen molar-refractivity contribution in [2.45, 2.75) is 30.7 Å². The molecule has 1 unspecified atom stereocenters. The van der Waals surface area contributed by atoms with Crippen molar-refractivity contribution in [3.8, 4) is 0 Å². The second kappa shape index (κ2) is 5.57. The van der Waals surface area contributed by atoms with Crippen LogP contribution in [0.1, 0.15) is 19.8 Å². The Labute approximate surface area is 122 Å². The molecule has 1 amide bonds. The van der Waals surface area contributed by atoms with Crippen molar-refractivity contribution in [2.24, 2.45) is 0 Å². The predicted octanol–water partition coefficient (Wildman–Crippen LogP) is 0.552. The molecule has 1 aromatic rings. The van der Waals surface area contributed by atoms with E-state index in [4.69, 9.17) is 5.73 Å². The second-order valence-electron chi connectivity index (χ2n) is 4.79. The summed E-state index contributed by atoms with van der Waals surface area (Å²) in [5.41, 5.74) is 5.68. The summed E-state index contributed by atoms with van der Waals surface area (Å²) in [4.78, 5) is 13.5. The van der Waals surface area contributed by atoms with E-state index in [2.05, 4.69) is 9.69 Å². The minimum Gasteiger partial charge on any atom is -0.382 e. The third-order valence-electron chi connectivity index (χ3n) is 3.19. The number of anilines is 2. The molecule has 0 aromatic carbocycles. The highest BCUT2D eigenvalue weighted by molar-refractivity contribution is 7.91. The predicted molar refractivity (Wildman–Crippen MR) is 78.5 cm³/mol. The average Bonchev–Trinajstić information content (AvgIpc) is 2.88. The van der Waals surface area contributed by atoms with Crippen molar-refractivity contribution < 1.29 is 13.2 Å². The third kappa shape index (κ3) is 2.73. The molecule has 7 nitrogen and oxygen atoms in total. The summed E-state index contributed by atoms with van der Waals surface area (Å²) < 4.78 is 28.3. The molecule has 0 radical (unpaired) electrons. The Morgan fingerprint density at radius 3 is 2.80 bits per heavy atom. The van der Waals surface area contributed by atoms with Crippen molar-refractivity contribution in [1.29, 1.82) is 0 Å². The minimum absolute atomic E-state index is 0.00440. The van der Waals surface area contributed by atoms with Crippen molar-refractivity contribution in [1.82, 2.24) is 9.27 Å². The molecule has 1 fully saturated rings. The number of carbonyl (C=O) groups excluding carboxylic acids is 1. The average molecular weight is 318 g/mol. The van der Waals surface area contributed by atoms with Crippen molar-refractivity contribution in [3.05, 3.63) is 0 Å². The normalized spacial score (nSPS) is 19.6. The van der Waals surface area contributed by atoms with Gasteiger partial charge in [0.25, 0.3) is 0 Å². The molecule has 0 aliphatic carbocycles. The number of hydrogen-bond donors (Lipinski definition) is 2. The second-order valence-corrected chi connectivity index (χ2v) is 7.61. The Bertz CT molecular complexity index is 611. The largest absolute Gasteiger partial charge is 0.382 e. The number of nitrogens with zero attached hydrogens (tertiary/aromatic N) is 2. The Morgan fingerprint density at radius 1 is 1.55 bits per heavy atom. The molecule has 1 aliphatic rings. The van der Waals surface area contributed by atoms with Crippen molar-refractivity contribution in [2.75, 3.05) is 30.4 Å². The fourth-order valence-corrected chi connectivity index (χ4v) is 4.83. The van der Waals surface area contributed by atoms with Crippen LogP contribution in [0, 0.1) is 0 Å². The van der Waals surface area contributed by atoms with E-state index in [1.165, 1.54) is 0 Å². The Hall–Kier alpha value is -1.35. The van der Waals surface area contributed by atoms with Crippen LogP contribution in [0.4, 0.5) is 10.8 Å². The molecule has 112 valence electrons. The minimum atomic E-state index is -3.47. The lowest BCUT2D eigenvalue weighted by Gasteiger charge is -2.13. The van der Waals surface area contributed by atoms with E-state index >= 15 is 0 Å². The molecule has 9 heteroatoms. The van der Waals surface area contributed by atoms with Gasteiger partial charge in [0, 0.05) is 13.6 Å². The van der Waals surface area contributed by atoms with Gasteiger partial charge in [-0.2, -0.15) is 4.37 Å². The number of nitrogens with one attached hydrogen (secondary N) is 1. The Balaban J connectivity index is 2.28. The third-order valence-corrected chi connectivity index (χ3v) is 6.09. The van der Waals surface area contributed by atoms with Gasteiger partial charge < -0.3 is 16.0 Å². The molecular formula is C11H18N4O3S2. The van der Waals surface area contributed by atoms with Gasteiger partial charge in [-0.15, -0.1) is 0 Å². The van der Waals surface area contributed by atoms with Gasteiger partial charge in [0.15, 0.2) is 15.7 Å². The maximum absolute atomic E-state index is 12.2. The summed E-state index contributed by atoms with van der Waals surface area (Å²) >= 11 is 0.983. The molecule has 2 rings (SSSR count). The lowest BCUT2D eigenvalue weighted by atomic mass is 10.2. The lowest BCUT2D eigenvalue weighted by Crippen LogP contribution is -2.31. The number of amides is 1. The zero-order chi connectivity index (χ0) is 14.9. The summed E-state index contributed by atoms with van der Waals surface area (Å²) in [5.74, 6) is -0.0245. The summed E-state index contributed by atoms with van der Waals surface area (Å²) in [6.45, 7) is 2.44. The van der Waals surface area contributed by atoms with Gasteiger partial charge in [-0.3, -0.25) is 4.79 Å². The number of nitrogens with two attached hydrogens (primary N) is 1. The van der Waals surface area contributed by atoms with E-state index in [0.717, 1.165) is 11.5 Å². The highest BCUT2D eigenvalue weighted by atomic mass is 32.2. The first-order valence-electron chi connectivity index (χ1n) is 6.36. The summed E-state index contributed by atoms with van der Waals surface area (Å²) in [7, 11) is -1.74. The maximum atomic E-state index is 12.2. The van der Waals surface area contributed by atoms with Crippen LogP contribution in [-0.4, -0.2) is 49.0 Å². The van der Waals surface area contributed by atoms with Crippen LogP contribution in [0.3, 0.4) is 0 Å². The summed E-state index contributed by atoms with van der Waals surface area (Å²) in [6.07, 6.45) is 1.14. The van der Waals surface area contributed by atoms with Crippen LogP contribution in [-0.2, 0) is 14.6 Å². The number of aromatic nitrogens is 1. The van der Waals surface area contributed by atoms with Gasteiger partial charge in [-0.1, -0.05) is 6.92 Å². The van der Waals surface area contributed by atoms with E-state index in [1.807, 2.05) is 0 Å². The molecule has 0 bridgehead atoms. The molecule has 1 saturated heterocycles. The molecule has 2 heterocycles. The SMILES string of the molecule is CCCS(=O)(=O)c1c(N)nsc1NC1CCN(C)C1=O. The summed E-state index contributed by atoms with van der Waals surface area (Å²) in [6, 6.07) is -0.407. The van der Waals surface area contributed by atoms with Gasteiger partial charge in [0.05, 0.1) is 5.75 Å². The monoisotopic (exact) mass is 318 g/mol. The van der Waals surface area contributed by atoms with Crippen LogP contribution < -0.4 is 11.1 Å². The van der Waals surface area contributed by atoms with Crippen LogP contribution in [0.15, 0.2) is 4.90 Å². The number of hydrogen-bond acceptors (Lipinski definition) is 7. The van der Waals surface area contributed by atoms with Crippen LogP contribution >= 0.6 is 11.5 Å². The van der Waals surface area contributed by atoms with Gasteiger partial charge >= 0.3 is 0 Å². The number of sulfone groups is 1. The van der Waals surface area contributed by atoms with Gasteiger partial charge in [0.2, 0.25) is 5.91 Å². The molecule has 0 saturated carbocycles. The first-order valence-corrected chi connectivity index (χ1v) is 8.78. The molecule has 3 N–H and O–H groups in total. The number of likely N-dealkylation sites (N-methyl/N-ethyl adjacent to an activating group) is 1. The van der Waals surface area contributed by atoms with Gasteiger partial charge in [0.1, 0.15) is 15.9 Å². The molecule has 1 aromatic heterocycles. The molecule has 0 spiro atoms. The molecule has 1 aliphatic heterocycles. The smallest absolute Gasteiger partial charge is 0.244 e. The van der Waals surface area contributed by atoms with Crippen LogP contribution in [0.2, 0.25) is 0 Å². The fourth-order valence-electron chi connectivity index (χ4n) is 2.17. The van der Waals surface area contributed by atoms with Crippen LogP contribution in [0.25, 0.3) is 0 Å². The van der Waals surface area contributed by atoms with Crippen molar-refractivity contribution >= 4 is 38.1 Å². The van der Waals surface area contributed by atoms with E-state index < -0.39 is 15.9 Å². The fraction of sp³-hybridized carbons (Fsp3) is 0.636. The molecule has 1 atom stereocenters. The number of likely N-dealkylation sites (tertiary alicyclic amines) is 1. The van der Waals surface area contributed by atoms with Gasteiger partial charge in [-0.05, 0) is 24.4 Å². The first kappa shape index (κ1) is 15.0. The Morgan fingerprint density at radius 2 is 2.25 bits per heavy atom. The first-order chi connectivity index (χ1) is 9.36. The zero-order valence-corrected chi connectivity index (χ0v) is 13.1. The zero-order valence-electron chi connectivity index (χ0n) is 11.4. The van der Waals surface area contributed by atoms with Crippen molar-refractivity contribution in [3.63, 3.8) is 0 Å². The maximum Gasteiger partial charge on any atom is 0.244 e. The number of rotatable bonds is 5. The Kier molecular flexibility index (Phi) is 4.19. The topological polar surface area (TPSA) is 105 Å². The molecule has 20 heavy (non-hydrogen) atoms. The lowest BCUT2D eigenvalue weighted by molar-refractivity contribution is -0.127. The van der Waals surface area contributed by atoms with E-state index in [0.29, 0.717) is 24.4 Å². The van der Waals surface area contributed by atoms with Crippen LogP contribution in [0.5, 0.6) is 0 Å². The highest BCUT2D eigenvalue weighted by Gasteiger charge is 2.32. The summed E-state index contributed by atoms with van der Waals surface area (Å²) in [5, 5.41) is 3.35. The van der Waals surface area contributed by atoms with E-state index in [1.54, 1.807) is 18.9 Å². The van der Waals surface area contributed by atoms with E-state index in [-0.39, 0.29) is 22.4 Å². The van der Waals surface area contributed by atoms with Gasteiger partial charge in [-0.25, -0.2) is 8.42 Å². The highest BCUT2D eigenvalue weighted by Crippen LogP contribution is 2.34.